The summed E-state index contributed by atoms with van der Waals surface area (Å²) in [6.45, 7) is -0.368. The van der Waals surface area contributed by atoms with Crippen LogP contribution in [0.25, 0.3) is 0 Å². The Labute approximate surface area is 149 Å². The standard InChI is InChI=1S/C18H20F2N2O4/c19-13-6-3-7-14(20)17(13)21-15(23)10-26-18(25)11-8-16(24)22(9-11)12-4-1-2-5-12/h3,6-7,11-12H,1-2,4-5,8-10H2,(H,21,23)/t11-/m0/s1. The van der Waals surface area contributed by atoms with E-state index in [1.165, 1.54) is 6.07 Å². The van der Waals surface area contributed by atoms with Crippen LogP contribution in [0.3, 0.4) is 0 Å². The van der Waals surface area contributed by atoms with Gasteiger partial charge in [-0.15, -0.1) is 0 Å². The monoisotopic (exact) mass is 366 g/mol. The fourth-order valence-electron chi connectivity index (χ4n) is 3.51. The van der Waals surface area contributed by atoms with E-state index in [0.717, 1.165) is 37.8 Å². The zero-order valence-electron chi connectivity index (χ0n) is 14.2. The zero-order chi connectivity index (χ0) is 18.7. The second-order valence-electron chi connectivity index (χ2n) is 6.64. The SMILES string of the molecule is O=C(COC(=O)[C@H]1CC(=O)N(C2CCCC2)C1)Nc1c(F)cccc1F. The van der Waals surface area contributed by atoms with E-state index in [-0.39, 0.29) is 18.4 Å². The summed E-state index contributed by atoms with van der Waals surface area (Å²) in [5, 5.41) is 2.04. The predicted molar refractivity (Wildman–Crippen MR) is 88.0 cm³/mol. The van der Waals surface area contributed by atoms with Crippen LogP contribution in [0.5, 0.6) is 0 Å². The molecule has 0 spiro atoms. The highest BCUT2D eigenvalue weighted by atomic mass is 19.1. The van der Waals surface area contributed by atoms with Crippen molar-refractivity contribution in [3.8, 4) is 0 Å². The number of hydrogen-bond donors (Lipinski definition) is 1. The Hall–Kier alpha value is -2.51. The second-order valence-corrected chi connectivity index (χ2v) is 6.64. The molecule has 0 unspecified atom stereocenters. The minimum atomic E-state index is -0.918. The Morgan fingerprint density at radius 3 is 2.50 bits per heavy atom. The van der Waals surface area contributed by atoms with Crippen LogP contribution in [0.1, 0.15) is 32.1 Å². The van der Waals surface area contributed by atoms with E-state index in [4.69, 9.17) is 4.74 Å². The van der Waals surface area contributed by atoms with Gasteiger partial charge in [-0.05, 0) is 25.0 Å². The summed E-state index contributed by atoms with van der Waals surface area (Å²) in [5.41, 5.74) is -0.586. The van der Waals surface area contributed by atoms with Crippen molar-refractivity contribution in [2.45, 2.75) is 38.1 Å². The molecule has 140 valence electrons. The molecule has 0 radical (unpaired) electrons. The van der Waals surface area contributed by atoms with Crippen LogP contribution >= 0.6 is 0 Å². The molecule has 2 fully saturated rings. The van der Waals surface area contributed by atoms with E-state index in [1.54, 1.807) is 4.90 Å². The number of likely N-dealkylation sites (tertiary alicyclic amines) is 1. The first kappa shape index (κ1) is 18.3. The molecular weight excluding hydrogens is 346 g/mol. The molecule has 3 rings (SSSR count). The summed E-state index contributed by atoms with van der Waals surface area (Å²) >= 11 is 0. The first-order valence-electron chi connectivity index (χ1n) is 8.65. The number of hydrogen-bond acceptors (Lipinski definition) is 4. The molecular formula is C18H20F2N2O4. The number of anilines is 1. The number of carbonyl (C=O) groups is 3. The minimum Gasteiger partial charge on any atom is -0.455 e. The Morgan fingerprint density at radius 2 is 1.85 bits per heavy atom. The maximum Gasteiger partial charge on any atom is 0.311 e. The summed E-state index contributed by atoms with van der Waals surface area (Å²) in [6, 6.07) is 3.37. The van der Waals surface area contributed by atoms with Gasteiger partial charge in [0.15, 0.2) is 6.61 Å². The van der Waals surface area contributed by atoms with Crippen molar-refractivity contribution >= 4 is 23.5 Å². The van der Waals surface area contributed by atoms with Gasteiger partial charge in [0.25, 0.3) is 5.91 Å². The van der Waals surface area contributed by atoms with E-state index < -0.39 is 41.7 Å². The predicted octanol–water partition coefficient (Wildman–Crippen LogP) is 2.24. The van der Waals surface area contributed by atoms with Crippen LogP contribution in [-0.4, -0.2) is 41.9 Å². The van der Waals surface area contributed by atoms with Crippen LogP contribution in [0.2, 0.25) is 0 Å². The van der Waals surface area contributed by atoms with Gasteiger partial charge in [-0.1, -0.05) is 18.9 Å². The number of nitrogens with one attached hydrogen (secondary N) is 1. The highest BCUT2D eigenvalue weighted by Gasteiger charge is 2.39. The van der Waals surface area contributed by atoms with E-state index >= 15 is 0 Å². The molecule has 0 bridgehead atoms. The number of rotatable bonds is 5. The lowest BCUT2D eigenvalue weighted by atomic mass is 10.1. The summed E-state index contributed by atoms with van der Waals surface area (Å²) in [4.78, 5) is 37.7. The first-order valence-corrected chi connectivity index (χ1v) is 8.65. The smallest absolute Gasteiger partial charge is 0.311 e. The Balaban J connectivity index is 1.49. The highest BCUT2D eigenvalue weighted by Crippen LogP contribution is 2.29. The van der Waals surface area contributed by atoms with Gasteiger partial charge in [0.2, 0.25) is 5.91 Å². The lowest BCUT2D eigenvalue weighted by Gasteiger charge is -2.23. The number of para-hydroxylation sites is 1. The van der Waals surface area contributed by atoms with Crippen molar-refractivity contribution in [3.63, 3.8) is 0 Å². The largest absolute Gasteiger partial charge is 0.455 e. The van der Waals surface area contributed by atoms with E-state index in [1.807, 2.05) is 5.32 Å². The molecule has 1 aromatic rings. The van der Waals surface area contributed by atoms with Crippen molar-refractivity contribution in [1.82, 2.24) is 4.90 Å². The Kier molecular flexibility index (Phi) is 5.49. The van der Waals surface area contributed by atoms with Crippen molar-refractivity contribution in [2.75, 3.05) is 18.5 Å². The van der Waals surface area contributed by atoms with Gasteiger partial charge in [-0.25, -0.2) is 8.78 Å². The lowest BCUT2D eigenvalue weighted by molar-refractivity contribution is -0.151. The minimum absolute atomic E-state index is 0.0683. The summed E-state index contributed by atoms with van der Waals surface area (Å²) in [6.07, 6.45) is 4.12. The third-order valence-corrected chi connectivity index (χ3v) is 4.83. The molecule has 1 aliphatic heterocycles. The van der Waals surface area contributed by atoms with Crippen molar-refractivity contribution in [3.05, 3.63) is 29.8 Å². The van der Waals surface area contributed by atoms with Gasteiger partial charge in [-0.2, -0.15) is 0 Å². The molecule has 1 aromatic carbocycles. The fourth-order valence-corrected chi connectivity index (χ4v) is 3.51. The van der Waals surface area contributed by atoms with Gasteiger partial charge >= 0.3 is 5.97 Å². The molecule has 1 aliphatic carbocycles. The molecule has 8 heteroatoms. The Bertz CT molecular complexity index is 699. The number of benzene rings is 1. The summed E-state index contributed by atoms with van der Waals surface area (Å²) in [5.74, 6) is -4.02. The number of ether oxygens (including phenoxy) is 1. The van der Waals surface area contributed by atoms with E-state index in [2.05, 4.69) is 0 Å². The number of carbonyl (C=O) groups excluding carboxylic acids is 3. The number of esters is 1. The average Bonchev–Trinajstić information content (AvgIpc) is 3.25. The summed E-state index contributed by atoms with van der Waals surface area (Å²) in [7, 11) is 0. The van der Waals surface area contributed by atoms with E-state index in [9.17, 15) is 23.2 Å². The number of amides is 2. The molecule has 1 saturated heterocycles. The molecule has 26 heavy (non-hydrogen) atoms. The van der Waals surface area contributed by atoms with Crippen molar-refractivity contribution < 1.29 is 27.9 Å². The van der Waals surface area contributed by atoms with Crippen LogP contribution in [0.15, 0.2) is 18.2 Å². The quantitative estimate of drug-likeness (QED) is 0.811. The van der Waals surface area contributed by atoms with Gasteiger partial charge in [-0.3, -0.25) is 14.4 Å². The second kappa shape index (κ2) is 7.80. The van der Waals surface area contributed by atoms with Gasteiger partial charge < -0.3 is 15.0 Å². The molecule has 1 heterocycles. The van der Waals surface area contributed by atoms with Crippen LogP contribution in [0.4, 0.5) is 14.5 Å². The molecule has 6 nitrogen and oxygen atoms in total. The zero-order valence-corrected chi connectivity index (χ0v) is 14.2. The molecule has 1 saturated carbocycles. The maximum atomic E-state index is 13.5. The third-order valence-electron chi connectivity index (χ3n) is 4.83. The van der Waals surface area contributed by atoms with Crippen molar-refractivity contribution in [1.29, 1.82) is 0 Å². The van der Waals surface area contributed by atoms with Gasteiger partial charge in [0.1, 0.15) is 17.3 Å². The summed E-state index contributed by atoms with van der Waals surface area (Å²) < 4.78 is 31.9. The average molecular weight is 366 g/mol. The molecule has 2 amide bonds. The maximum absolute atomic E-state index is 13.5. The van der Waals surface area contributed by atoms with Crippen LogP contribution in [0, 0.1) is 17.6 Å². The topological polar surface area (TPSA) is 75.7 Å². The van der Waals surface area contributed by atoms with Crippen LogP contribution in [-0.2, 0) is 19.1 Å². The highest BCUT2D eigenvalue weighted by molar-refractivity contribution is 5.94. The molecule has 0 aromatic heterocycles. The fraction of sp³-hybridized carbons (Fsp3) is 0.500. The normalized spacial score (nSPS) is 20.5. The first-order chi connectivity index (χ1) is 12.5. The molecule has 2 aliphatic rings. The number of halogens is 2. The Morgan fingerprint density at radius 1 is 1.19 bits per heavy atom. The van der Waals surface area contributed by atoms with Crippen LogP contribution < -0.4 is 5.32 Å². The van der Waals surface area contributed by atoms with Crippen molar-refractivity contribution in [2.24, 2.45) is 5.92 Å². The number of nitrogens with zero attached hydrogens (tertiary/aromatic N) is 1. The third kappa shape index (κ3) is 4.00. The van der Waals surface area contributed by atoms with Gasteiger partial charge in [0, 0.05) is 19.0 Å². The molecule has 1 atom stereocenters. The van der Waals surface area contributed by atoms with Gasteiger partial charge in [0.05, 0.1) is 5.92 Å². The molecule has 1 N–H and O–H groups in total. The van der Waals surface area contributed by atoms with E-state index in [0.29, 0.717) is 6.54 Å². The lowest BCUT2D eigenvalue weighted by Crippen LogP contribution is -2.35.